The topological polar surface area (TPSA) is 21.3 Å². The predicted octanol–water partition coefficient (Wildman–Crippen LogP) is 4.99. The van der Waals surface area contributed by atoms with E-state index in [4.69, 9.17) is 11.6 Å². The molecule has 0 unspecified atom stereocenters. The van der Waals surface area contributed by atoms with Crippen molar-refractivity contribution in [1.82, 2.24) is 0 Å². The molecule has 2 rings (SSSR count). The van der Waals surface area contributed by atoms with Crippen LogP contribution in [0.2, 0.25) is 5.02 Å². The molecule has 2 nitrogen and oxygen atoms in total. The van der Waals surface area contributed by atoms with Crippen molar-refractivity contribution in [2.75, 3.05) is 5.32 Å². The van der Waals surface area contributed by atoms with E-state index >= 15 is 0 Å². The summed E-state index contributed by atoms with van der Waals surface area (Å²) in [5.41, 5.74) is 0.564. The van der Waals surface area contributed by atoms with Crippen molar-refractivity contribution >= 4 is 17.3 Å². The highest BCUT2D eigenvalue weighted by atomic mass is 35.5. The summed E-state index contributed by atoms with van der Waals surface area (Å²) in [7, 11) is 0. The Bertz CT molecular complexity index is 631. The van der Waals surface area contributed by atoms with Crippen molar-refractivity contribution in [3.8, 4) is 5.75 Å². The van der Waals surface area contributed by atoms with Crippen molar-refractivity contribution in [1.29, 1.82) is 0 Å². The van der Waals surface area contributed by atoms with Crippen LogP contribution >= 0.6 is 11.6 Å². The minimum Gasteiger partial charge on any atom is -0.404 e. The van der Waals surface area contributed by atoms with Gasteiger partial charge in [0.25, 0.3) is 0 Å². The van der Waals surface area contributed by atoms with Crippen LogP contribution in [0.1, 0.15) is 5.56 Å². The lowest BCUT2D eigenvalue weighted by atomic mass is 10.2. The minimum atomic E-state index is -4.78. The Balaban J connectivity index is 2.15. The molecule has 0 aromatic heterocycles. The zero-order chi connectivity index (χ0) is 15.5. The fourth-order valence-electron chi connectivity index (χ4n) is 1.70. The molecule has 112 valence electrons. The summed E-state index contributed by atoms with van der Waals surface area (Å²) in [5, 5.41) is 3.06. The first-order valence-corrected chi connectivity index (χ1v) is 6.25. The molecule has 2 aromatic carbocycles. The molecule has 0 aliphatic rings. The van der Waals surface area contributed by atoms with Crippen molar-refractivity contribution in [2.45, 2.75) is 12.9 Å². The molecule has 1 N–H and O–H groups in total. The largest absolute Gasteiger partial charge is 0.573 e. The van der Waals surface area contributed by atoms with Gasteiger partial charge < -0.3 is 10.1 Å². The summed E-state index contributed by atoms with van der Waals surface area (Å²) < 4.78 is 53.9. The number of hydrogen-bond donors (Lipinski definition) is 1. The highest BCUT2D eigenvalue weighted by Gasteiger charge is 2.32. The molecule has 7 heteroatoms. The average molecular weight is 320 g/mol. The predicted molar refractivity (Wildman–Crippen MR) is 71.9 cm³/mol. The second kappa shape index (κ2) is 6.22. The number of alkyl halides is 3. The number of ether oxygens (including phenoxy) is 1. The number of para-hydroxylation sites is 2. The monoisotopic (exact) mass is 319 g/mol. The maximum absolute atomic E-state index is 13.1. The molecule has 0 saturated carbocycles. The van der Waals surface area contributed by atoms with E-state index in [1.54, 1.807) is 6.07 Å². The second-order valence-corrected chi connectivity index (χ2v) is 4.54. The van der Waals surface area contributed by atoms with Gasteiger partial charge in [-0.1, -0.05) is 23.7 Å². The van der Waals surface area contributed by atoms with Crippen LogP contribution in [0, 0.1) is 5.82 Å². The first-order valence-electron chi connectivity index (χ1n) is 5.88. The summed E-state index contributed by atoms with van der Waals surface area (Å²) in [4.78, 5) is 0. The first kappa shape index (κ1) is 15.4. The molecule has 0 fully saturated rings. The Morgan fingerprint density at radius 2 is 1.81 bits per heavy atom. The molecule has 0 amide bonds. The van der Waals surface area contributed by atoms with E-state index in [1.165, 1.54) is 36.4 Å². The molecule has 0 atom stereocenters. The van der Waals surface area contributed by atoms with E-state index in [0.717, 1.165) is 0 Å². The number of nitrogens with one attached hydrogen (secondary N) is 1. The van der Waals surface area contributed by atoms with Gasteiger partial charge in [-0.25, -0.2) is 4.39 Å². The van der Waals surface area contributed by atoms with Crippen molar-refractivity contribution < 1.29 is 22.3 Å². The van der Waals surface area contributed by atoms with Gasteiger partial charge >= 0.3 is 6.36 Å². The van der Waals surface area contributed by atoms with Gasteiger partial charge in [0, 0.05) is 11.6 Å². The van der Waals surface area contributed by atoms with Crippen molar-refractivity contribution in [3.05, 3.63) is 58.9 Å². The molecule has 0 bridgehead atoms. The number of anilines is 1. The van der Waals surface area contributed by atoms with Gasteiger partial charge in [-0.3, -0.25) is 0 Å². The Labute approximate surface area is 123 Å². The summed E-state index contributed by atoms with van der Waals surface area (Å²) in [6.45, 7) is 0.0643. The third-order valence-corrected chi connectivity index (χ3v) is 2.96. The van der Waals surface area contributed by atoms with Gasteiger partial charge in [-0.05, 0) is 35.9 Å². The molecule has 21 heavy (non-hydrogen) atoms. The normalized spacial score (nSPS) is 11.3. The van der Waals surface area contributed by atoms with Gasteiger partial charge in [0.15, 0.2) is 5.75 Å². The molecule has 0 saturated heterocycles. The standard InChI is InChI=1S/C14H10ClF4NO/c15-11-6-5-10(16)7-9(11)8-20-12-3-1-2-4-13(12)21-14(17,18)19/h1-7,20H,8H2. The van der Waals surface area contributed by atoms with Crippen LogP contribution in [-0.2, 0) is 6.54 Å². The lowest BCUT2D eigenvalue weighted by molar-refractivity contribution is -0.274. The number of rotatable bonds is 4. The van der Waals surface area contributed by atoms with Gasteiger partial charge in [0.05, 0.1) is 5.69 Å². The van der Waals surface area contributed by atoms with Gasteiger partial charge in [0.1, 0.15) is 5.82 Å². The van der Waals surface area contributed by atoms with Gasteiger partial charge in [-0.15, -0.1) is 13.2 Å². The van der Waals surface area contributed by atoms with E-state index in [9.17, 15) is 17.6 Å². The van der Waals surface area contributed by atoms with Crippen molar-refractivity contribution in [3.63, 3.8) is 0 Å². The number of benzene rings is 2. The van der Waals surface area contributed by atoms with E-state index in [2.05, 4.69) is 10.1 Å². The van der Waals surface area contributed by atoms with Crippen LogP contribution in [-0.4, -0.2) is 6.36 Å². The van der Waals surface area contributed by atoms with E-state index < -0.39 is 12.2 Å². The first-order chi connectivity index (χ1) is 9.85. The zero-order valence-corrected chi connectivity index (χ0v) is 11.3. The third kappa shape index (κ3) is 4.53. The fourth-order valence-corrected chi connectivity index (χ4v) is 1.88. The van der Waals surface area contributed by atoms with E-state index in [0.29, 0.717) is 10.6 Å². The van der Waals surface area contributed by atoms with E-state index in [1.807, 2.05) is 0 Å². The number of hydrogen-bond acceptors (Lipinski definition) is 2. The average Bonchev–Trinajstić information content (AvgIpc) is 2.39. The van der Waals surface area contributed by atoms with Crippen LogP contribution < -0.4 is 10.1 Å². The van der Waals surface area contributed by atoms with Crippen LogP contribution in [0.5, 0.6) is 5.75 Å². The Morgan fingerprint density at radius 3 is 2.52 bits per heavy atom. The van der Waals surface area contributed by atoms with Crippen LogP contribution in [0.25, 0.3) is 0 Å². The van der Waals surface area contributed by atoms with Crippen LogP contribution in [0.4, 0.5) is 23.2 Å². The van der Waals surface area contributed by atoms with Crippen LogP contribution in [0.15, 0.2) is 42.5 Å². The highest BCUT2D eigenvalue weighted by Crippen LogP contribution is 2.30. The smallest absolute Gasteiger partial charge is 0.404 e. The lowest BCUT2D eigenvalue weighted by Gasteiger charge is -2.15. The summed E-state index contributed by atoms with van der Waals surface area (Å²) in [6.07, 6.45) is -4.78. The fraction of sp³-hybridized carbons (Fsp3) is 0.143. The van der Waals surface area contributed by atoms with Gasteiger partial charge in [-0.2, -0.15) is 0 Å². The molecular weight excluding hydrogens is 310 g/mol. The van der Waals surface area contributed by atoms with E-state index in [-0.39, 0.29) is 18.0 Å². The summed E-state index contributed by atoms with van der Waals surface area (Å²) in [5.74, 6) is -0.839. The summed E-state index contributed by atoms with van der Waals surface area (Å²) in [6, 6.07) is 9.37. The maximum atomic E-state index is 13.1. The Hall–Kier alpha value is -1.95. The molecule has 0 heterocycles. The lowest BCUT2D eigenvalue weighted by Crippen LogP contribution is -2.18. The maximum Gasteiger partial charge on any atom is 0.573 e. The third-order valence-electron chi connectivity index (χ3n) is 2.59. The molecule has 0 radical (unpaired) electrons. The Kier molecular flexibility index (Phi) is 4.57. The molecular formula is C14H10ClF4NO. The SMILES string of the molecule is Fc1ccc(Cl)c(CNc2ccccc2OC(F)(F)F)c1. The second-order valence-electron chi connectivity index (χ2n) is 4.13. The molecule has 0 aliphatic heterocycles. The molecule has 2 aromatic rings. The van der Waals surface area contributed by atoms with Gasteiger partial charge in [0.2, 0.25) is 0 Å². The Morgan fingerprint density at radius 1 is 1.10 bits per heavy atom. The van der Waals surface area contributed by atoms with Crippen LogP contribution in [0.3, 0.4) is 0 Å². The summed E-state index contributed by atoms with van der Waals surface area (Å²) >= 11 is 5.89. The highest BCUT2D eigenvalue weighted by molar-refractivity contribution is 6.31. The molecule has 0 aliphatic carbocycles. The van der Waals surface area contributed by atoms with Crippen molar-refractivity contribution in [2.24, 2.45) is 0 Å². The molecule has 0 spiro atoms. The number of halogens is 5. The quantitative estimate of drug-likeness (QED) is 0.802. The zero-order valence-electron chi connectivity index (χ0n) is 10.5. The minimum absolute atomic E-state index is 0.0643.